The number of aliphatic imine (C=N–C) groups is 3. The van der Waals surface area contributed by atoms with Crippen molar-refractivity contribution < 1.29 is 0 Å². The Labute approximate surface area is 116 Å². The molecule has 0 spiro atoms. The van der Waals surface area contributed by atoms with Gasteiger partial charge in [-0.3, -0.25) is 0 Å². The van der Waals surface area contributed by atoms with E-state index >= 15 is 0 Å². The Morgan fingerprint density at radius 2 is 1.50 bits per heavy atom. The molecule has 1 aliphatic heterocycles. The van der Waals surface area contributed by atoms with Crippen LogP contribution in [0.25, 0.3) is 0 Å². The molecule has 18 heavy (non-hydrogen) atoms. The van der Waals surface area contributed by atoms with E-state index in [4.69, 9.17) is 23.2 Å². The van der Waals surface area contributed by atoms with Crippen molar-refractivity contribution in [3.63, 3.8) is 0 Å². The molecule has 2 rings (SSSR count). The van der Waals surface area contributed by atoms with Crippen LogP contribution >= 0.6 is 23.2 Å². The van der Waals surface area contributed by atoms with Gasteiger partial charge in [-0.1, -0.05) is 43.1 Å². The van der Waals surface area contributed by atoms with E-state index in [-0.39, 0.29) is 0 Å². The summed E-state index contributed by atoms with van der Waals surface area (Å²) in [5.74, 6) is 0.429. The van der Waals surface area contributed by atoms with E-state index in [0.717, 1.165) is 24.3 Å². The number of nitrogens with zero attached hydrogens (tertiary/aromatic N) is 3. The van der Waals surface area contributed by atoms with Crippen LogP contribution < -0.4 is 0 Å². The molecular formula is C13H13Cl2N3. The minimum atomic E-state index is 0.429. The average Bonchev–Trinajstić information content (AvgIpc) is 2.76. The molecule has 0 atom stereocenters. The zero-order chi connectivity index (χ0) is 13.1. The quantitative estimate of drug-likeness (QED) is 0.770. The van der Waals surface area contributed by atoms with Crippen LogP contribution in [0.3, 0.4) is 0 Å². The maximum atomic E-state index is 6.06. The molecule has 1 aromatic carbocycles. The highest BCUT2D eigenvalue weighted by molar-refractivity contribution is 6.48. The smallest absolute Gasteiger partial charge is 0.214 e. The van der Waals surface area contributed by atoms with Gasteiger partial charge < -0.3 is 0 Å². The SMILES string of the molecule is CCC1=NC(=Nc2c(Cl)cccc2Cl)N=C1CC. The zero-order valence-corrected chi connectivity index (χ0v) is 11.8. The molecular weight excluding hydrogens is 269 g/mol. The molecule has 0 unspecified atom stereocenters. The fourth-order valence-electron chi connectivity index (χ4n) is 1.71. The van der Waals surface area contributed by atoms with E-state index in [0.29, 0.717) is 21.7 Å². The fraction of sp³-hybridized carbons (Fsp3) is 0.308. The molecule has 0 aliphatic carbocycles. The number of hydrogen-bond donors (Lipinski definition) is 0. The second kappa shape index (κ2) is 5.63. The Balaban J connectivity index is 2.42. The third kappa shape index (κ3) is 2.62. The van der Waals surface area contributed by atoms with Crippen LogP contribution in [-0.4, -0.2) is 17.4 Å². The van der Waals surface area contributed by atoms with Gasteiger partial charge >= 0.3 is 0 Å². The first-order valence-corrected chi connectivity index (χ1v) is 6.59. The summed E-state index contributed by atoms with van der Waals surface area (Å²) in [4.78, 5) is 13.1. The maximum Gasteiger partial charge on any atom is 0.250 e. The molecule has 0 radical (unpaired) electrons. The second-order valence-corrected chi connectivity index (χ2v) is 4.62. The van der Waals surface area contributed by atoms with Crippen molar-refractivity contribution in [2.45, 2.75) is 26.7 Å². The topological polar surface area (TPSA) is 37.1 Å². The summed E-state index contributed by atoms with van der Waals surface area (Å²) >= 11 is 12.1. The summed E-state index contributed by atoms with van der Waals surface area (Å²) < 4.78 is 0. The third-order valence-electron chi connectivity index (χ3n) is 2.62. The zero-order valence-electron chi connectivity index (χ0n) is 10.2. The Morgan fingerprint density at radius 1 is 1.00 bits per heavy atom. The lowest BCUT2D eigenvalue weighted by Gasteiger charge is -1.99. The van der Waals surface area contributed by atoms with Gasteiger partial charge in [-0.2, -0.15) is 0 Å². The summed E-state index contributed by atoms with van der Waals surface area (Å²) in [7, 11) is 0. The molecule has 5 heteroatoms. The van der Waals surface area contributed by atoms with Gasteiger partial charge in [0.2, 0.25) is 0 Å². The van der Waals surface area contributed by atoms with Gasteiger partial charge in [0.25, 0.3) is 5.96 Å². The molecule has 0 aromatic heterocycles. The Bertz CT molecular complexity index is 517. The molecule has 1 aromatic rings. The first-order chi connectivity index (χ1) is 8.65. The van der Waals surface area contributed by atoms with Crippen molar-refractivity contribution in [3.8, 4) is 0 Å². The van der Waals surface area contributed by atoms with E-state index in [9.17, 15) is 0 Å². The highest BCUT2D eigenvalue weighted by Crippen LogP contribution is 2.33. The number of rotatable bonds is 3. The lowest BCUT2D eigenvalue weighted by molar-refractivity contribution is 1.26. The van der Waals surface area contributed by atoms with Gasteiger partial charge in [0, 0.05) is 0 Å². The molecule has 0 saturated carbocycles. The molecule has 3 nitrogen and oxygen atoms in total. The molecule has 0 bridgehead atoms. The number of para-hydroxylation sites is 1. The standard InChI is InChI=1S/C13H13Cl2N3/c1-3-10-11(4-2)17-13(16-10)18-12-8(14)6-5-7-9(12)15/h5-7H,3-4H2,1-2H3. The van der Waals surface area contributed by atoms with Gasteiger partial charge in [0.15, 0.2) is 0 Å². The van der Waals surface area contributed by atoms with Gasteiger partial charge in [-0.15, -0.1) is 0 Å². The van der Waals surface area contributed by atoms with E-state index in [2.05, 4.69) is 28.8 Å². The molecule has 0 N–H and O–H groups in total. The Kier molecular flexibility index (Phi) is 4.15. The number of benzene rings is 1. The van der Waals surface area contributed by atoms with Gasteiger partial charge in [0.05, 0.1) is 21.5 Å². The van der Waals surface area contributed by atoms with E-state index in [1.165, 1.54) is 0 Å². The summed E-state index contributed by atoms with van der Waals surface area (Å²) in [5.41, 5.74) is 2.50. The van der Waals surface area contributed by atoms with Crippen molar-refractivity contribution in [2.75, 3.05) is 0 Å². The van der Waals surface area contributed by atoms with Crippen molar-refractivity contribution in [1.29, 1.82) is 0 Å². The van der Waals surface area contributed by atoms with Crippen LogP contribution in [0.15, 0.2) is 33.2 Å². The molecule has 1 aliphatic rings. The lowest BCUT2D eigenvalue weighted by Crippen LogP contribution is -2.07. The van der Waals surface area contributed by atoms with Crippen LogP contribution in [-0.2, 0) is 0 Å². The minimum Gasteiger partial charge on any atom is -0.214 e. The first kappa shape index (κ1) is 13.2. The summed E-state index contributed by atoms with van der Waals surface area (Å²) in [6.45, 7) is 4.10. The van der Waals surface area contributed by atoms with E-state index < -0.39 is 0 Å². The Morgan fingerprint density at radius 3 is 1.94 bits per heavy atom. The normalized spacial score (nSPS) is 14.6. The molecule has 0 amide bonds. The summed E-state index contributed by atoms with van der Waals surface area (Å²) in [6.07, 6.45) is 1.70. The monoisotopic (exact) mass is 281 g/mol. The highest BCUT2D eigenvalue weighted by atomic mass is 35.5. The molecule has 1 heterocycles. The average molecular weight is 282 g/mol. The van der Waals surface area contributed by atoms with E-state index in [1.54, 1.807) is 18.2 Å². The minimum absolute atomic E-state index is 0.429. The Hall–Kier alpha value is -1.19. The molecule has 0 fully saturated rings. The van der Waals surface area contributed by atoms with Gasteiger partial charge in [-0.05, 0) is 25.0 Å². The van der Waals surface area contributed by atoms with Crippen LogP contribution in [0.4, 0.5) is 5.69 Å². The van der Waals surface area contributed by atoms with Gasteiger partial charge in [-0.25, -0.2) is 15.0 Å². The molecule has 0 saturated heterocycles. The number of hydrogen-bond acceptors (Lipinski definition) is 1. The number of guanidine groups is 1. The van der Waals surface area contributed by atoms with Crippen molar-refractivity contribution in [3.05, 3.63) is 28.2 Å². The van der Waals surface area contributed by atoms with Crippen molar-refractivity contribution in [2.24, 2.45) is 15.0 Å². The van der Waals surface area contributed by atoms with Crippen LogP contribution in [0.2, 0.25) is 10.0 Å². The third-order valence-corrected chi connectivity index (χ3v) is 3.23. The molecule has 94 valence electrons. The maximum absolute atomic E-state index is 6.06. The first-order valence-electron chi connectivity index (χ1n) is 5.83. The largest absolute Gasteiger partial charge is 0.250 e. The van der Waals surface area contributed by atoms with Crippen molar-refractivity contribution in [1.82, 2.24) is 0 Å². The summed E-state index contributed by atoms with van der Waals surface area (Å²) in [6, 6.07) is 5.28. The van der Waals surface area contributed by atoms with Crippen LogP contribution in [0.5, 0.6) is 0 Å². The number of halogens is 2. The highest BCUT2D eigenvalue weighted by Gasteiger charge is 2.15. The predicted molar refractivity (Wildman–Crippen MR) is 79.0 cm³/mol. The van der Waals surface area contributed by atoms with Crippen LogP contribution in [0.1, 0.15) is 26.7 Å². The van der Waals surface area contributed by atoms with Gasteiger partial charge in [0.1, 0.15) is 5.69 Å². The summed E-state index contributed by atoms with van der Waals surface area (Å²) in [5, 5.41) is 1.01. The predicted octanol–water partition coefficient (Wildman–Crippen LogP) is 4.70. The van der Waals surface area contributed by atoms with E-state index in [1.807, 2.05) is 0 Å². The fourth-order valence-corrected chi connectivity index (χ4v) is 2.19. The second-order valence-electron chi connectivity index (χ2n) is 3.81. The lowest BCUT2D eigenvalue weighted by atomic mass is 10.1. The van der Waals surface area contributed by atoms with Crippen molar-refractivity contribution >= 4 is 46.3 Å². The van der Waals surface area contributed by atoms with Crippen LogP contribution in [0, 0.1) is 0 Å².